The number of nitrogens with one attached hydrogen (secondary N) is 1. The molecule has 0 unspecified atom stereocenters. The van der Waals surface area contributed by atoms with Crippen LogP contribution in [0.2, 0.25) is 0 Å². The average molecular weight is 329 g/mol. The van der Waals surface area contributed by atoms with Gasteiger partial charge in [0, 0.05) is 42.3 Å². The number of halogens is 2. The third kappa shape index (κ3) is 4.01. The number of benzene rings is 1. The van der Waals surface area contributed by atoms with E-state index < -0.39 is 0 Å². The van der Waals surface area contributed by atoms with E-state index in [0.29, 0.717) is 5.92 Å². The van der Waals surface area contributed by atoms with Crippen LogP contribution in [0.5, 0.6) is 0 Å². The summed E-state index contributed by atoms with van der Waals surface area (Å²) in [6, 6.07) is 5.45. The first-order valence-corrected chi connectivity index (χ1v) is 7.77. The summed E-state index contributed by atoms with van der Waals surface area (Å²) in [5.74, 6) is 0.464. The second-order valence-corrected chi connectivity index (χ2v) is 6.51. The van der Waals surface area contributed by atoms with E-state index in [9.17, 15) is 4.39 Å². The molecule has 106 valence electrons. The van der Waals surface area contributed by atoms with Gasteiger partial charge in [-0.25, -0.2) is 4.39 Å². The van der Waals surface area contributed by atoms with Gasteiger partial charge in [0.1, 0.15) is 5.82 Å². The second kappa shape index (κ2) is 6.82. The van der Waals surface area contributed by atoms with Gasteiger partial charge in [0.05, 0.1) is 0 Å². The molecule has 0 amide bonds. The van der Waals surface area contributed by atoms with Crippen LogP contribution >= 0.6 is 15.9 Å². The van der Waals surface area contributed by atoms with Gasteiger partial charge in [-0.05, 0) is 30.5 Å². The van der Waals surface area contributed by atoms with Gasteiger partial charge in [-0.3, -0.25) is 4.90 Å². The van der Waals surface area contributed by atoms with Gasteiger partial charge >= 0.3 is 0 Å². The van der Waals surface area contributed by atoms with Crippen LogP contribution in [0.1, 0.15) is 31.9 Å². The Morgan fingerprint density at radius 3 is 2.63 bits per heavy atom. The summed E-state index contributed by atoms with van der Waals surface area (Å²) in [5.41, 5.74) is 0.824. The lowest BCUT2D eigenvalue weighted by Gasteiger charge is -2.36. The highest BCUT2D eigenvalue weighted by Gasteiger charge is 2.25. The Labute approximate surface area is 123 Å². The summed E-state index contributed by atoms with van der Waals surface area (Å²) in [5, 5.41) is 3.36. The van der Waals surface area contributed by atoms with Gasteiger partial charge < -0.3 is 5.32 Å². The van der Waals surface area contributed by atoms with E-state index in [1.54, 1.807) is 12.1 Å². The average Bonchev–Trinajstić information content (AvgIpc) is 2.40. The lowest BCUT2D eigenvalue weighted by atomic mass is 9.94. The molecular weight excluding hydrogens is 307 g/mol. The molecule has 0 radical (unpaired) electrons. The normalized spacial score (nSPS) is 18.8. The van der Waals surface area contributed by atoms with Crippen molar-refractivity contribution in [2.75, 3.05) is 26.2 Å². The van der Waals surface area contributed by atoms with Crippen LogP contribution in [-0.4, -0.2) is 31.1 Å². The summed E-state index contributed by atoms with van der Waals surface area (Å²) in [7, 11) is 0. The fraction of sp³-hybridized carbons (Fsp3) is 0.600. The van der Waals surface area contributed by atoms with Gasteiger partial charge in [0.25, 0.3) is 0 Å². The van der Waals surface area contributed by atoms with Crippen LogP contribution in [0.15, 0.2) is 22.7 Å². The molecule has 0 aromatic heterocycles. The van der Waals surface area contributed by atoms with E-state index in [1.165, 1.54) is 0 Å². The van der Waals surface area contributed by atoms with Crippen LogP contribution in [0, 0.1) is 11.7 Å². The summed E-state index contributed by atoms with van der Waals surface area (Å²) < 4.78 is 15.1. The maximum absolute atomic E-state index is 14.2. The predicted octanol–water partition coefficient (Wildman–Crippen LogP) is 3.58. The Morgan fingerprint density at radius 2 is 2.00 bits per heavy atom. The van der Waals surface area contributed by atoms with Gasteiger partial charge in [-0.15, -0.1) is 0 Å². The van der Waals surface area contributed by atoms with Crippen molar-refractivity contribution in [2.45, 2.75) is 26.3 Å². The molecule has 1 aromatic rings. The van der Waals surface area contributed by atoms with Crippen molar-refractivity contribution in [2.24, 2.45) is 5.92 Å². The maximum Gasteiger partial charge on any atom is 0.128 e. The standard InChI is InChI=1S/C15H22BrFN2/c1-11(2)9-15(19-7-5-18-6-8-19)13-10-12(16)3-4-14(13)17/h3-4,10-11,15,18H,5-9H2,1-2H3/t15-/m1/s1. The van der Waals surface area contributed by atoms with Gasteiger partial charge in [-0.1, -0.05) is 29.8 Å². The Kier molecular flexibility index (Phi) is 5.37. The first-order valence-electron chi connectivity index (χ1n) is 6.97. The predicted molar refractivity (Wildman–Crippen MR) is 80.7 cm³/mol. The van der Waals surface area contributed by atoms with E-state index >= 15 is 0 Å². The van der Waals surface area contributed by atoms with Crippen LogP contribution in [0.4, 0.5) is 4.39 Å². The summed E-state index contributed by atoms with van der Waals surface area (Å²) in [4.78, 5) is 2.40. The molecule has 0 saturated carbocycles. The molecule has 1 atom stereocenters. The summed E-state index contributed by atoms with van der Waals surface area (Å²) in [6.07, 6.45) is 0.993. The zero-order valence-corrected chi connectivity index (χ0v) is 13.2. The minimum atomic E-state index is -0.0904. The van der Waals surface area contributed by atoms with Crippen molar-refractivity contribution < 1.29 is 4.39 Å². The van der Waals surface area contributed by atoms with Gasteiger partial charge in [0.15, 0.2) is 0 Å². The van der Waals surface area contributed by atoms with Crippen LogP contribution in [-0.2, 0) is 0 Å². The molecule has 1 heterocycles. The quantitative estimate of drug-likeness (QED) is 0.908. The smallest absolute Gasteiger partial charge is 0.128 e. The third-order valence-electron chi connectivity index (χ3n) is 3.60. The molecule has 1 N–H and O–H groups in total. The first kappa shape index (κ1) is 14.9. The molecule has 0 aliphatic carbocycles. The number of rotatable bonds is 4. The number of piperazine rings is 1. The molecule has 1 aliphatic rings. The largest absolute Gasteiger partial charge is 0.314 e. The second-order valence-electron chi connectivity index (χ2n) is 5.60. The number of hydrogen-bond donors (Lipinski definition) is 1. The minimum Gasteiger partial charge on any atom is -0.314 e. The molecule has 1 fully saturated rings. The highest BCUT2D eigenvalue weighted by molar-refractivity contribution is 9.10. The molecule has 4 heteroatoms. The third-order valence-corrected chi connectivity index (χ3v) is 4.10. The minimum absolute atomic E-state index is 0.0904. The zero-order chi connectivity index (χ0) is 13.8. The lowest BCUT2D eigenvalue weighted by molar-refractivity contribution is 0.151. The number of hydrogen-bond acceptors (Lipinski definition) is 2. The molecule has 1 aromatic carbocycles. The Hall–Kier alpha value is -0.450. The molecule has 2 nitrogen and oxygen atoms in total. The molecule has 19 heavy (non-hydrogen) atoms. The first-order chi connectivity index (χ1) is 9.08. The van der Waals surface area contributed by atoms with Gasteiger partial charge in [0.2, 0.25) is 0 Å². The van der Waals surface area contributed by atoms with E-state index in [1.807, 2.05) is 6.07 Å². The molecule has 0 bridgehead atoms. The van der Waals surface area contributed by atoms with Crippen LogP contribution < -0.4 is 5.32 Å². The topological polar surface area (TPSA) is 15.3 Å². The van der Waals surface area contributed by atoms with E-state index in [-0.39, 0.29) is 11.9 Å². The van der Waals surface area contributed by atoms with Crippen molar-refractivity contribution in [3.05, 3.63) is 34.1 Å². The van der Waals surface area contributed by atoms with Crippen molar-refractivity contribution in [3.8, 4) is 0 Å². The van der Waals surface area contributed by atoms with E-state index in [2.05, 4.69) is 40.0 Å². The van der Waals surface area contributed by atoms with E-state index in [0.717, 1.165) is 42.6 Å². The van der Waals surface area contributed by atoms with Crippen molar-refractivity contribution in [1.29, 1.82) is 0 Å². The summed E-state index contributed by atoms with van der Waals surface area (Å²) >= 11 is 3.46. The molecule has 1 aliphatic heterocycles. The fourth-order valence-electron chi connectivity index (χ4n) is 2.68. The highest BCUT2D eigenvalue weighted by Crippen LogP contribution is 2.31. The van der Waals surface area contributed by atoms with Crippen molar-refractivity contribution in [3.63, 3.8) is 0 Å². The number of nitrogens with zero attached hydrogens (tertiary/aromatic N) is 1. The Bertz CT molecular complexity index is 417. The molecule has 2 rings (SSSR count). The Balaban J connectivity index is 2.27. The molecule has 0 spiro atoms. The molecule has 1 saturated heterocycles. The summed E-state index contributed by atoms with van der Waals surface area (Å²) in [6.45, 7) is 8.36. The van der Waals surface area contributed by atoms with E-state index in [4.69, 9.17) is 0 Å². The zero-order valence-electron chi connectivity index (χ0n) is 11.6. The maximum atomic E-state index is 14.2. The van der Waals surface area contributed by atoms with Gasteiger partial charge in [-0.2, -0.15) is 0 Å². The highest BCUT2D eigenvalue weighted by atomic mass is 79.9. The van der Waals surface area contributed by atoms with Crippen molar-refractivity contribution in [1.82, 2.24) is 10.2 Å². The fourth-order valence-corrected chi connectivity index (χ4v) is 3.06. The van der Waals surface area contributed by atoms with Crippen molar-refractivity contribution >= 4 is 15.9 Å². The Morgan fingerprint density at radius 1 is 1.32 bits per heavy atom. The SMILES string of the molecule is CC(C)C[C@H](c1cc(Br)ccc1F)N1CCNCC1. The van der Waals surface area contributed by atoms with Crippen LogP contribution in [0.25, 0.3) is 0 Å². The lowest BCUT2D eigenvalue weighted by Crippen LogP contribution is -2.45. The monoisotopic (exact) mass is 328 g/mol. The van der Waals surface area contributed by atoms with Crippen LogP contribution in [0.3, 0.4) is 0 Å². The molecular formula is C15H22BrFN2.